The van der Waals surface area contributed by atoms with Crippen molar-refractivity contribution in [2.24, 2.45) is 4.99 Å². The molecular weight excluding hydrogens is 420 g/mol. The van der Waals surface area contributed by atoms with E-state index in [1.165, 1.54) is 23.3 Å². The maximum Gasteiger partial charge on any atom is 0.193 e. The zero-order chi connectivity index (χ0) is 16.8. The Kier molecular flexibility index (Phi) is 7.97. The van der Waals surface area contributed by atoms with Crippen LogP contribution >= 0.6 is 24.0 Å². The largest absolute Gasteiger partial charge is 0.505 e. The van der Waals surface area contributed by atoms with Gasteiger partial charge >= 0.3 is 0 Å². The Hall–Kier alpha value is -1.83. The summed E-state index contributed by atoms with van der Waals surface area (Å²) in [5.41, 5.74) is 3.20. The number of phenolic OH excluding ortho intramolecular Hbond substituents is 1. The van der Waals surface area contributed by atoms with E-state index in [9.17, 15) is 9.50 Å². The predicted molar refractivity (Wildman–Crippen MR) is 106 cm³/mol. The Labute approximate surface area is 159 Å². The van der Waals surface area contributed by atoms with Crippen LogP contribution in [0.4, 0.5) is 4.39 Å². The first-order chi connectivity index (χ1) is 11.0. The van der Waals surface area contributed by atoms with Crippen LogP contribution < -0.4 is 5.32 Å². The van der Waals surface area contributed by atoms with Crippen molar-refractivity contribution >= 4 is 29.9 Å². The van der Waals surface area contributed by atoms with Crippen LogP contribution in [0.5, 0.6) is 5.75 Å². The summed E-state index contributed by atoms with van der Waals surface area (Å²) >= 11 is 0. The van der Waals surface area contributed by atoms with Gasteiger partial charge in [0.15, 0.2) is 17.5 Å². The molecule has 0 saturated heterocycles. The van der Waals surface area contributed by atoms with Gasteiger partial charge in [0.05, 0.1) is 0 Å². The molecular formula is C18H23FIN3O. The lowest BCUT2D eigenvalue weighted by atomic mass is 10.1. The maximum atomic E-state index is 13.4. The van der Waals surface area contributed by atoms with Crippen LogP contribution in [0.15, 0.2) is 47.5 Å². The number of phenols is 1. The van der Waals surface area contributed by atoms with Gasteiger partial charge in [0.2, 0.25) is 0 Å². The second-order valence-corrected chi connectivity index (χ2v) is 5.47. The van der Waals surface area contributed by atoms with Crippen molar-refractivity contribution in [2.75, 3.05) is 14.1 Å². The van der Waals surface area contributed by atoms with Crippen LogP contribution in [0, 0.1) is 12.7 Å². The standard InChI is InChI=1S/C18H22FN3O.HI/c1-13-6-4-5-7-15(13)12-22(3)18(20-2)21-11-14-8-9-17(23)16(19)10-14;/h4-10,23H,11-12H2,1-3H3,(H,20,21);1H. The summed E-state index contributed by atoms with van der Waals surface area (Å²) in [5.74, 6) is -0.232. The van der Waals surface area contributed by atoms with Gasteiger partial charge in [0, 0.05) is 27.2 Å². The Bertz CT molecular complexity index is 706. The topological polar surface area (TPSA) is 47.9 Å². The van der Waals surface area contributed by atoms with E-state index in [1.807, 2.05) is 24.1 Å². The Morgan fingerprint density at radius 1 is 1.25 bits per heavy atom. The molecule has 0 unspecified atom stereocenters. The van der Waals surface area contributed by atoms with Gasteiger partial charge in [-0.2, -0.15) is 0 Å². The van der Waals surface area contributed by atoms with Crippen molar-refractivity contribution in [2.45, 2.75) is 20.0 Å². The zero-order valence-corrected chi connectivity index (χ0v) is 16.4. The summed E-state index contributed by atoms with van der Waals surface area (Å²) in [4.78, 5) is 6.27. The molecule has 0 aliphatic rings. The highest BCUT2D eigenvalue weighted by atomic mass is 127. The minimum absolute atomic E-state index is 0. The third-order valence-electron chi connectivity index (χ3n) is 3.70. The lowest BCUT2D eigenvalue weighted by Crippen LogP contribution is -2.38. The number of halogens is 2. The Balaban J connectivity index is 0.00000288. The molecule has 0 fully saturated rings. The zero-order valence-electron chi connectivity index (χ0n) is 14.1. The van der Waals surface area contributed by atoms with Gasteiger partial charge in [-0.25, -0.2) is 4.39 Å². The van der Waals surface area contributed by atoms with Gasteiger partial charge in [-0.15, -0.1) is 24.0 Å². The Morgan fingerprint density at radius 2 is 1.96 bits per heavy atom. The van der Waals surface area contributed by atoms with Crippen molar-refractivity contribution in [1.29, 1.82) is 0 Å². The highest BCUT2D eigenvalue weighted by Gasteiger charge is 2.08. The molecule has 0 aliphatic carbocycles. The second-order valence-electron chi connectivity index (χ2n) is 5.47. The molecule has 0 bridgehead atoms. The number of aromatic hydroxyl groups is 1. The molecule has 24 heavy (non-hydrogen) atoms. The van der Waals surface area contributed by atoms with Crippen molar-refractivity contribution in [3.63, 3.8) is 0 Å². The number of nitrogens with zero attached hydrogens (tertiary/aromatic N) is 2. The summed E-state index contributed by atoms with van der Waals surface area (Å²) in [7, 11) is 3.67. The third-order valence-corrected chi connectivity index (χ3v) is 3.70. The average molecular weight is 443 g/mol. The van der Waals surface area contributed by atoms with Crippen LogP contribution in [-0.2, 0) is 13.1 Å². The van der Waals surface area contributed by atoms with E-state index in [0.717, 1.165) is 18.1 Å². The van der Waals surface area contributed by atoms with Gasteiger partial charge in [0.1, 0.15) is 0 Å². The second kappa shape index (κ2) is 9.46. The number of aliphatic imine (C=N–C) groups is 1. The lowest BCUT2D eigenvalue weighted by molar-refractivity contribution is 0.431. The summed E-state index contributed by atoms with van der Waals surface area (Å²) in [5, 5.41) is 12.4. The van der Waals surface area contributed by atoms with Crippen molar-refractivity contribution in [3.05, 3.63) is 65.0 Å². The van der Waals surface area contributed by atoms with E-state index in [0.29, 0.717) is 6.54 Å². The molecule has 0 amide bonds. The molecule has 2 aromatic carbocycles. The SMILES string of the molecule is CN=C(NCc1ccc(O)c(F)c1)N(C)Cc1ccccc1C.I. The quantitative estimate of drug-likeness (QED) is 0.431. The molecule has 0 radical (unpaired) electrons. The van der Waals surface area contributed by atoms with Crippen LogP contribution in [0.3, 0.4) is 0 Å². The number of aryl methyl sites for hydroxylation is 1. The molecule has 6 heteroatoms. The smallest absolute Gasteiger partial charge is 0.193 e. The molecule has 4 nitrogen and oxygen atoms in total. The molecule has 0 heterocycles. The minimum atomic E-state index is -0.618. The van der Waals surface area contributed by atoms with Crippen molar-refractivity contribution < 1.29 is 9.50 Å². The number of hydrogen-bond acceptors (Lipinski definition) is 2. The minimum Gasteiger partial charge on any atom is -0.505 e. The molecule has 0 atom stereocenters. The van der Waals surface area contributed by atoms with Gasteiger partial charge in [-0.3, -0.25) is 4.99 Å². The van der Waals surface area contributed by atoms with E-state index in [1.54, 1.807) is 13.1 Å². The molecule has 2 aromatic rings. The van der Waals surface area contributed by atoms with Gasteiger partial charge in [-0.1, -0.05) is 30.3 Å². The van der Waals surface area contributed by atoms with Crippen LogP contribution in [0.2, 0.25) is 0 Å². The highest BCUT2D eigenvalue weighted by molar-refractivity contribution is 14.0. The summed E-state index contributed by atoms with van der Waals surface area (Å²) in [6, 6.07) is 12.6. The van der Waals surface area contributed by atoms with Crippen LogP contribution in [0.25, 0.3) is 0 Å². The lowest BCUT2D eigenvalue weighted by Gasteiger charge is -2.23. The van der Waals surface area contributed by atoms with Crippen molar-refractivity contribution in [3.8, 4) is 5.75 Å². The molecule has 0 spiro atoms. The fourth-order valence-electron chi connectivity index (χ4n) is 2.34. The van der Waals surface area contributed by atoms with Crippen molar-refractivity contribution in [1.82, 2.24) is 10.2 Å². The first kappa shape index (κ1) is 20.2. The maximum absolute atomic E-state index is 13.4. The van der Waals surface area contributed by atoms with E-state index < -0.39 is 5.82 Å². The number of nitrogens with one attached hydrogen (secondary N) is 1. The monoisotopic (exact) mass is 443 g/mol. The number of rotatable bonds is 4. The van der Waals surface area contributed by atoms with E-state index in [-0.39, 0.29) is 29.7 Å². The highest BCUT2D eigenvalue weighted by Crippen LogP contribution is 2.16. The van der Waals surface area contributed by atoms with Crippen LogP contribution in [0.1, 0.15) is 16.7 Å². The number of benzene rings is 2. The number of guanidine groups is 1. The molecule has 130 valence electrons. The summed E-state index contributed by atoms with van der Waals surface area (Å²) < 4.78 is 13.4. The number of hydrogen-bond donors (Lipinski definition) is 2. The summed E-state index contributed by atoms with van der Waals surface area (Å²) in [6.07, 6.45) is 0. The molecule has 0 saturated carbocycles. The fraction of sp³-hybridized carbons (Fsp3) is 0.278. The first-order valence-corrected chi connectivity index (χ1v) is 7.45. The van der Waals surface area contributed by atoms with E-state index >= 15 is 0 Å². The molecule has 2 rings (SSSR count). The molecule has 0 aromatic heterocycles. The normalized spacial score (nSPS) is 10.9. The van der Waals surface area contributed by atoms with E-state index in [2.05, 4.69) is 29.4 Å². The fourth-order valence-corrected chi connectivity index (χ4v) is 2.34. The van der Waals surface area contributed by atoms with Crippen LogP contribution in [-0.4, -0.2) is 30.1 Å². The average Bonchev–Trinajstić information content (AvgIpc) is 2.53. The first-order valence-electron chi connectivity index (χ1n) is 7.45. The van der Waals surface area contributed by atoms with E-state index in [4.69, 9.17) is 0 Å². The summed E-state index contributed by atoms with van der Waals surface area (Å²) in [6.45, 7) is 3.25. The van der Waals surface area contributed by atoms with Gasteiger partial charge in [0.25, 0.3) is 0 Å². The molecule has 0 aliphatic heterocycles. The van der Waals surface area contributed by atoms with Gasteiger partial charge < -0.3 is 15.3 Å². The predicted octanol–water partition coefficient (Wildman–Crippen LogP) is 3.67. The third kappa shape index (κ3) is 5.36. The Morgan fingerprint density at radius 3 is 2.58 bits per heavy atom. The van der Waals surface area contributed by atoms with Gasteiger partial charge in [-0.05, 0) is 35.7 Å². The molecule has 2 N–H and O–H groups in total.